The van der Waals surface area contributed by atoms with Crippen LogP contribution in [0.15, 0.2) is 53.5 Å². The van der Waals surface area contributed by atoms with E-state index in [0.29, 0.717) is 15.0 Å². The van der Waals surface area contributed by atoms with Crippen molar-refractivity contribution < 1.29 is 0 Å². The summed E-state index contributed by atoms with van der Waals surface area (Å²) in [5, 5.41) is 6.00. The van der Waals surface area contributed by atoms with Crippen LogP contribution in [0.3, 0.4) is 0 Å². The third kappa shape index (κ3) is 3.23. The van der Waals surface area contributed by atoms with Crippen LogP contribution in [-0.4, -0.2) is 27.5 Å². The first-order chi connectivity index (χ1) is 8.62. The molecule has 0 unspecified atom stereocenters. The third-order valence-corrected chi connectivity index (χ3v) is 4.92. The van der Waals surface area contributed by atoms with Crippen LogP contribution in [-0.2, 0) is 0 Å². The van der Waals surface area contributed by atoms with E-state index in [1.807, 2.05) is 7.05 Å². The Kier molecular flexibility index (Phi) is 4.23. The minimum atomic E-state index is 0.0757. The number of hydrogen-bond acceptors (Lipinski definition) is 1. The van der Waals surface area contributed by atoms with Crippen molar-refractivity contribution in [3.05, 3.63) is 53.5 Å². The number of benzene rings is 2. The molecule has 0 aliphatic heterocycles. The molecule has 0 saturated carbocycles. The van der Waals surface area contributed by atoms with Gasteiger partial charge in [-0.25, -0.2) is 0 Å². The maximum absolute atomic E-state index is 3.29. The minimum absolute atomic E-state index is 0.0757. The van der Waals surface area contributed by atoms with E-state index in [2.05, 4.69) is 72.7 Å². The van der Waals surface area contributed by atoms with Crippen LogP contribution < -0.4 is 9.78 Å². The molecule has 0 saturated heterocycles. The third-order valence-electron chi connectivity index (χ3n) is 3.07. The molecule has 94 valence electrons. The Balaban J connectivity index is 2.23. The Hall–Kier alpha value is -1.08. The molecule has 0 radical (unpaired) electrons. The van der Waals surface area contributed by atoms with Crippen LogP contribution in [0.1, 0.15) is 13.8 Å². The van der Waals surface area contributed by atoms with Gasteiger partial charge in [-0.1, -0.05) is 0 Å². The van der Waals surface area contributed by atoms with Crippen LogP contribution >= 0.6 is 0 Å². The first-order valence-corrected chi connectivity index (χ1v) is 7.98. The fourth-order valence-electron chi connectivity index (χ4n) is 1.66. The first-order valence-electron chi connectivity index (χ1n) is 6.13. The normalized spacial score (nSPS) is 12.4. The van der Waals surface area contributed by atoms with Crippen molar-refractivity contribution in [1.29, 1.82) is 0 Å². The zero-order valence-electron chi connectivity index (χ0n) is 11.1. The zero-order valence-corrected chi connectivity index (χ0v) is 12.8. The number of fused-ring (bicyclic) bond motifs is 1. The zero-order chi connectivity index (χ0) is 13.0. The molecule has 0 aliphatic rings. The Morgan fingerprint density at radius 1 is 1.06 bits per heavy atom. The summed E-state index contributed by atoms with van der Waals surface area (Å²) in [6.07, 6.45) is 2.26. The van der Waals surface area contributed by atoms with E-state index in [-0.39, 0.29) is 5.54 Å². The second-order valence-corrected chi connectivity index (χ2v) is 6.86. The van der Waals surface area contributed by atoms with Gasteiger partial charge < -0.3 is 0 Å². The van der Waals surface area contributed by atoms with Crippen LogP contribution in [0.4, 0.5) is 0 Å². The molecule has 0 aromatic heterocycles. The van der Waals surface area contributed by atoms with E-state index < -0.39 is 0 Å². The number of likely N-dealkylation sites (N-methyl/N-ethyl adjacent to an activating group) is 1. The van der Waals surface area contributed by atoms with E-state index in [1.54, 1.807) is 0 Å². The molecule has 0 bridgehead atoms. The van der Waals surface area contributed by atoms with Gasteiger partial charge in [-0.3, -0.25) is 0 Å². The van der Waals surface area contributed by atoms with Crippen LogP contribution in [0.5, 0.6) is 0 Å². The van der Waals surface area contributed by atoms with Gasteiger partial charge in [0.25, 0.3) is 0 Å². The standard InChI is InChI=1S/C16H19NSe/c1-16(2,17-3)11-12-18-15-10-6-8-13-7-4-5-9-14(13)15/h4-12,17H,1-3H3/b12-11+. The van der Waals surface area contributed by atoms with Crippen molar-refractivity contribution in [3.63, 3.8) is 0 Å². The Labute approximate surface area is 115 Å². The molecule has 0 fully saturated rings. The fourth-order valence-corrected chi connectivity index (χ4v) is 3.81. The quantitative estimate of drug-likeness (QED) is 0.857. The number of hydrogen-bond donors (Lipinski definition) is 1. The maximum atomic E-state index is 3.29. The summed E-state index contributed by atoms with van der Waals surface area (Å²) in [7, 11) is 2.00. The molecular weight excluding hydrogens is 285 g/mol. The topological polar surface area (TPSA) is 12.0 Å². The van der Waals surface area contributed by atoms with Gasteiger partial charge in [-0.2, -0.15) is 0 Å². The monoisotopic (exact) mass is 305 g/mol. The molecule has 0 atom stereocenters. The van der Waals surface area contributed by atoms with Gasteiger partial charge in [0, 0.05) is 0 Å². The van der Waals surface area contributed by atoms with E-state index in [1.165, 1.54) is 15.2 Å². The van der Waals surface area contributed by atoms with Gasteiger partial charge in [0.15, 0.2) is 0 Å². The molecule has 0 heterocycles. The average Bonchev–Trinajstić information content (AvgIpc) is 2.39. The van der Waals surface area contributed by atoms with E-state index in [0.717, 1.165) is 0 Å². The molecule has 18 heavy (non-hydrogen) atoms. The predicted octanol–water partition coefficient (Wildman–Crippen LogP) is 2.68. The van der Waals surface area contributed by atoms with Crippen molar-refractivity contribution in [2.24, 2.45) is 0 Å². The summed E-state index contributed by atoms with van der Waals surface area (Å²) in [5.41, 5.74) is 0.0757. The number of rotatable bonds is 4. The molecule has 2 heteroatoms. The molecular formula is C16H19NSe. The molecule has 2 rings (SSSR count). The van der Waals surface area contributed by atoms with Crippen LogP contribution in [0.2, 0.25) is 0 Å². The summed E-state index contributed by atoms with van der Waals surface area (Å²) in [5.74, 6) is 0. The van der Waals surface area contributed by atoms with Crippen molar-refractivity contribution in [1.82, 2.24) is 5.32 Å². The van der Waals surface area contributed by atoms with Crippen molar-refractivity contribution >= 4 is 30.2 Å². The Bertz CT molecular complexity index is 553. The summed E-state index contributed by atoms with van der Waals surface area (Å²) in [6, 6.07) is 15.2. The first kappa shape index (κ1) is 13.4. The molecule has 1 nitrogen and oxygen atoms in total. The van der Waals surface area contributed by atoms with Crippen molar-refractivity contribution in [3.8, 4) is 0 Å². The molecule has 0 spiro atoms. The van der Waals surface area contributed by atoms with E-state index >= 15 is 0 Å². The second kappa shape index (κ2) is 5.71. The predicted molar refractivity (Wildman–Crippen MR) is 81.6 cm³/mol. The van der Waals surface area contributed by atoms with Gasteiger partial charge in [-0.05, 0) is 0 Å². The van der Waals surface area contributed by atoms with E-state index in [4.69, 9.17) is 0 Å². The summed E-state index contributed by atoms with van der Waals surface area (Å²) in [6.45, 7) is 4.37. The van der Waals surface area contributed by atoms with Gasteiger partial charge in [0.2, 0.25) is 0 Å². The number of nitrogens with one attached hydrogen (secondary N) is 1. The molecule has 2 aromatic carbocycles. The molecule has 2 aromatic rings. The second-order valence-electron chi connectivity index (χ2n) is 4.87. The van der Waals surface area contributed by atoms with E-state index in [9.17, 15) is 0 Å². The van der Waals surface area contributed by atoms with Gasteiger partial charge in [-0.15, -0.1) is 0 Å². The van der Waals surface area contributed by atoms with Gasteiger partial charge in [0.1, 0.15) is 0 Å². The van der Waals surface area contributed by atoms with Crippen molar-refractivity contribution in [2.45, 2.75) is 19.4 Å². The molecule has 1 N–H and O–H groups in total. The fraction of sp³-hybridized carbons (Fsp3) is 0.250. The average molecular weight is 304 g/mol. The van der Waals surface area contributed by atoms with Crippen molar-refractivity contribution in [2.75, 3.05) is 7.05 Å². The van der Waals surface area contributed by atoms with Gasteiger partial charge >= 0.3 is 115 Å². The summed E-state index contributed by atoms with van der Waals surface area (Å²) in [4.78, 5) is 2.31. The molecule has 0 amide bonds. The van der Waals surface area contributed by atoms with Gasteiger partial charge in [0.05, 0.1) is 0 Å². The Morgan fingerprint density at radius 2 is 1.78 bits per heavy atom. The summed E-state index contributed by atoms with van der Waals surface area (Å²) < 4.78 is 1.45. The SMILES string of the molecule is CNC(C)(C)/C=C/[Se]c1cccc2ccccc12. The summed E-state index contributed by atoms with van der Waals surface area (Å²) >= 11 is 0.384. The molecule has 0 aliphatic carbocycles. The van der Waals surface area contributed by atoms with Crippen LogP contribution in [0.25, 0.3) is 10.8 Å². The van der Waals surface area contributed by atoms with Crippen LogP contribution in [0, 0.1) is 0 Å². The Morgan fingerprint density at radius 3 is 2.56 bits per heavy atom.